The molecular formula is C13H17N3O2S. The number of hydrogen-bond acceptors (Lipinski definition) is 5. The summed E-state index contributed by atoms with van der Waals surface area (Å²) >= 11 is 1.34. The lowest BCUT2D eigenvalue weighted by molar-refractivity contribution is -0.153. The van der Waals surface area contributed by atoms with E-state index in [1.807, 2.05) is 56.5 Å². The fourth-order valence-corrected chi connectivity index (χ4v) is 2.31. The van der Waals surface area contributed by atoms with Crippen molar-refractivity contribution in [1.29, 1.82) is 0 Å². The lowest BCUT2D eigenvalue weighted by Crippen LogP contribution is -2.28. The Hall–Kier alpha value is -1.56. The van der Waals surface area contributed by atoms with Crippen molar-refractivity contribution in [3.05, 3.63) is 24.4 Å². The normalized spacial score (nSPS) is 13.5. The van der Waals surface area contributed by atoms with E-state index in [4.69, 9.17) is 4.74 Å². The average Bonchev–Trinajstić information content (AvgIpc) is 2.70. The van der Waals surface area contributed by atoms with Crippen molar-refractivity contribution in [2.75, 3.05) is 0 Å². The first-order valence-electron chi connectivity index (χ1n) is 6.06. The molecule has 1 atom stereocenters. The Kier molecular flexibility index (Phi) is 3.80. The van der Waals surface area contributed by atoms with Crippen molar-refractivity contribution in [3.63, 3.8) is 0 Å². The molecule has 0 saturated carbocycles. The summed E-state index contributed by atoms with van der Waals surface area (Å²) in [5.74, 6) is -0.245. The summed E-state index contributed by atoms with van der Waals surface area (Å²) in [6.07, 6.45) is 1.87. The van der Waals surface area contributed by atoms with Gasteiger partial charge in [0.2, 0.25) is 0 Å². The Morgan fingerprint density at radius 1 is 1.37 bits per heavy atom. The Labute approximate surface area is 116 Å². The van der Waals surface area contributed by atoms with Gasteiger partial charge in [-0.3, -0.25) is 9.20 Å². The molecular weight excluding hydrogens is 262 g/mol. The number of hydrogen-bond donors (Lipinski definition) is 0. The molecule has 0 aliphatic carbocycles. The maximum atomic E-state index is 11.9. The van der Waals surface area contributed by atoms with E-state index in [0.29, 0.717) is 5.16 Å². The molecule has 19 heavy (non-hydrogen) atoms. The van der Waals surface area contributed by atoms with Crippen molar-refractivity contribution >= 4 is 23.4 Å². The van der Waals surface area contributed by atoms with Crippen LogP contribution in [0.15, 0.2) is 29.6 Å². The number of carbonyl (C=O) groups excluding carboxylic acids is 1. The predicted octanol–water partition coefficient (Wildman–Crippen LogP) is 2.55. The highest BCUT2D eigenvalue weighted by atomic mass is 32.2. The molecule has 2 heterocycles. The molecule has 102 valence electrons. The number of aromatic nitrogens is 3. The zero-order valence-electron chi connectivity index (χ0n) is 11.5. The van der Waals surface area contributed by atoms with E-state index < -0.39 is 5.60 Å². The van der Waals surface area contributed by atoms with E-state index >= 15 is 0 Å². The van der Waals surface area contributed by atoms with Crippen molar-refractivity contribution in [2.45, 2.75) is 43.7 Å². The second-order valence-electron chi connectivity index (χ2n) is 5.20. The zero-order chi connectivity index (χ0) is 14.0. The van der Waals surface area contributed by atoms with Crippen LogP contribution < -0.4 is 0 Å². The second-order valence-corrected chi connectivity index (χ2v) is 6.51. The van der Waals surface area contributed by atoms with Gasteiger partial charge in [-0.2, -0.15) is 0 Å². The van der Waals surface area contributed by atoms with Crippen molar-refractivity contribution < 1.29 is 9.53 Å². The van der Waals surface area contributed by atoms with Crippen LogP contribution in [0.5, 0.6) is 0 Å². The van der Waals surface area contributed by atoms with Crippen molar-refractivity contribution in [2.24, 2.45) is 0 Å². The highest BCUT2D eigenvalue weighted by Crippen LogP contribution is 2.24. The van der Waals surface area contributed by atoms with Gasteiger partial charge in [0.15, 0.2) is 10.8 Å². The molecule has 0 radical (unpaired) electrons. The summed E-state index contributed by atoms with van der Waals surface area (Å²) in [5.41, 5.74) is 0.292. The van der Waals surface area contributed by atoms with E-state index in [0.717, 1.165) is 5.65 Å². The van der Waals surface area contributed by atoms with Gasteiger partial charge in [0.1, 0.15) is 10.9 Å². The molecule has 0 fully saturated rings. The fourth-order valence-electron chi connectivity index (χ4n) is 1.49. The third-order valence-electron chi connectivity index (χ3n) is 2.30. The molecule has 0 N–H and O–H groups in total. The molecule has 0 aliphatic rings. The van der Waals surface area contributed by atoms with Gasteiger partial charge in [0.05, 0.1) is 0 Å². The van der Waals surface area contributed by atoms with E-state index in [1.165, 1.54) is 11.8 Å². The molecule has 2 aromatic heterocycles. The molecule has 2 aromatic rings. The van der Waals surface area contributed by atoms with Crippen molar-refractivity contribution in [1.82, 2.24) is 14.6 Å². The largest absolute Gasteiger partial charge is 0.459 e. The topological polar surface area (TPSA) is 56.5 Å². The molecule has 0 bridgehead atoms. The summed E-state index contributed by atoms with van der Waals surface area (Å²) in [6.45, 7) is 7.38. The zero-order valence-corrected chi connectivity index (χ0v) is 12.3. The van der Waals surface area contributed by atoms with Gasteiger partial charge in [-0.15, -0.1) is 10.2 Å². The van der Waals surface area contributed by atoms with Crippen LogP contribution in [-0.4, -0.2) is 31.4 Å². The quantitative estimate of drug-likeness (QED) is 0.638. The molecule has 5 nitrogen and oxygen atoms in total. The Morgan fingerprint density at radius 2 is 2.11 bits per heavy atom. The number of fused-ring (bicyclic) bond motifs is 1. The molecule has 0 aromatic carbocycles. The third-order valence-corrected chi connectivity index (χ3v) is 3.34. The lowest BCUT2D eigenvalue weighted by Gasteiger charge is -2.21. The monoisotopic (exact) mass is 279 g/mol. The molecule has 0 amide bonds. The number of rotatable bonds is 3. The van der Waals surface area contributed by atoms with Gasteiger partial charge in [-0.25, -0.2) is 0 Å². The Bertz CT molecular complexity index is 589. The van der Waals surface area contributed by atoms with E-state index in [1.54, 1.807) is 0 Å². The molecule has 2 rings (SSSR count). The Morgan fingerprint density at radius 3 is 2.79 bits per heavy atom. The van der Waals surface area contributed by atoms with Crippen LogP contribution in [0.4, 0.5) is 0 Å². The standard InChI is InChI=1S/C13H17N3O2S/c1-9(11(17)18-13(2,3)4)19-12-15-14-10-7-5-6-8-16(10)12/h5-9H,1-4H3. The maximum Gasteiger partial charge on any atom is 0.319 e. The summed E-state index contributed by atoms with van der Waals surface area (Å²) in [7, 11) is 0. The third kappa shape index (κ3) is 3.47. The van der Waals surface area contributed by atoms with Gasteiger partial charge in [-0.1, -0.05) is 17.8 Å². The first kappa shape index (κ1) is 13.9. The second kappa shape index (κ2) is 5.21. The minimum absolute atomic E-state index is 0.245. The van der Waals surface area contributed by atoms with Crippen LogP contribution in [0, 0.1) is 0 Å². The van der Waals surface area contributed by atoms with Crippen LogP contribution in [0.2, 0.25) is 0 Å². The van der Waals surface area contributed by atoms with Crippen LogP contribution >= 0.6 is 11.8 Å². The summed E-state index contributed by atoms with van der Waals surface area (Å²) in [6, 6.07) is 5.67. The highest BCUT2D eigenvalue weighted by Gasteiger charge is 2.24. The SMILES string of the molecule is CC(Sc1nnc2ccccn12)C(=O)OC(C)(C)C. The molecule has 0 spiro atoms. The average molecular weight is 279 g/mol. The first-order valence-corrected chi connectivity index (χ1v) is 6.94. The molecule has 1 unspecified atom stereocenters. The maximum absolute atomic E-state index is 11.9. The minimum atomic E-state index is -0.473. The van der Waals surface area contributed by atoms with Crippen molar-refractivity contribution in [3.8, 4) is 0 Å². The van der Waals surface area contributed by atoms with Gasteiger partial charge in [0.25, 0.3) is 0 Å². The predicted molar refractivity (Wildman–Crippen MR) is 74.2 cm³/mol. The van der Waals surface area contributed by atoms with Crippen LogP contribution in [0.3, 0.4) is 0 Å². The number of carbonyl (C=O) groups is 1. The van der Waals surface area contributed by atoms with E-state index in [-0.39, 0.29) is 11.2 Å². The number of pyridine rings is 1. The number of thioether (sulfide) groups is 1. The fraction of sp³-hybridized carbons (Fsp3) is 0.462. The lowest BCUT2D eigenvalue weighted by atomic mass is 10.2. The van der Waals surface area contributed by atoms with E-state index in [9.17, 15) is 4.79 Å². The van der Waals surface area contributed by atoms with Crippen LogP contribution in [-0.2, 0) is 9.53 Å². The van der Waals surface area contributed by atoms with Gasteiger partial charge in [-0.05, 0) is 39.8 Å². The number of nitrogens with zero attached hydrogens (tertiary/aromatic N) is 3. The molecule has 0 aliphatic heterocycles. The Balaban J connectivity index is 2.10. The first-order chi connectivity index (χ1) is 8.87. The molecule has 6 heteroatoms. The van der Waals surface area contributed by atoms with E-state index in [2.05, 4.69) is 10.2 Å². The van der Waals surface area contributed by atoms with Gasteiger partial charge < -0.3 is 4.74 Å². The van der Waals surface area contributed by atoms with Crippen LogP contribution in [0.25, 0.3) is 5.65 Å². The minimum Gasteiger partial charge on any atom is -0.459 e. The summed E-state index contributed by atoms with van der Waals surface area (Å²) in [4.78, 5) is 11.9. The van der Waals surface area contributed by atoms with Crippen LogP contribution in [0.1, 0.15) is 27.7 Å². The van der Waals surface area contributed by atoms with Gasteiger partial charge in [0, 0.05) is 6.20 Å². The summed E-state index contributed by atoms with van der Waals surface area (Å²) in [5, 5.41) is 8.49. The molecule has 0 saturated heterocycles. The number of ether oxygens (including phenoxy) is 1. The summed E-state index contributed by atoms with van der Waals surface area (Å²) < 4.78 is 7.20. The smallest absolute Gasteiger partial charge is 0.319 e. The highest BCUT2D eigenvalue weighted by molar-refractivity contribution is 8.00. The number of esters is 1. The van der Waals surface area contributed by atoms with Gasteiger partial charge >= 0.3 is 5.97 Å².